The quantitative estimate of drug-likeness (QED) is 0.685. The molecule has 0 aliphatic carbocycles. The van der Waals surface area contributed by atoms with E-state index in [9.17, 15) is 9.35 Å². The van der Waals surface area contributed by atoms with E-state index < -0.39 is 11.2 Å². The van der Waals surface area contributed by atoms with Gasteiger partial charge < -0.3 is 14.4 Å². The van der Waals surface area contributed by atoms with Crippen LogP contribution in [0.25, 0.3) is 5.57 Å². The van der Waals surface area contributed by atoms with Crippen LogP contribution >= 0.6 is 11.6 Å². The van der Waals surface area contributed by atoms with Crippen LogP contribution in [0.1, 0.15) is 31.2 Å². The Balaban J connectivity index is 1.53. The molecule has 29 heavy (non-hydrogen) atoms. The van der Waals surface area contributed by atoms with Gasteiger partial charge in [0.1, 0.15) is 11.5 Å². The largest absolute Gasteiger partial charge is 0.616 e. The Labute approximate surface area is 181 Å². The maximum absolute atomic E-state index is 12.7. The van der Waals surface area contributed by atoms with Crippen LogP contribution in [0, 0.1) is 0 Å². The van der Waals surface area contributed by atoms with Crippen LogP contribution in [-0.2, 0) is 16.0 Å². The first kappa shape index (κ1) is 21.0. The Morgan fingerprint density at radius 3 is 2.76 bits per heavy atom. The van der Waals surface area contributed by atoms with Crippen molar-refractivity contribution in [1.82, 2.24) is 9.80 Å². The number of carbonyl (C=O) groups is 1. The number of halogens is 1. The van der Waals surface area contributed by atoms with Gasteiger partial charge in [-0.05, 0) is 50.1 Å². The molecule has 7 heteroatoms. The monoisotopic (exact) mass is 435 g/mol. The van der Waals surface area contributed by atoms with Crippen molar-refractivity contribution >= 4 is 39.9 Å². The van der Waals surface area contributed by atoms with E-state index in [0.717, 1.165) is 41.2 Å². The second-order valence-corrected chi connectivity index (χ2v) is 10.5. The molecule has 0 radical (unpaired) electrons. The fraction of sp³-hybridized carbons (Fsp3) is 0.591. The van der Waals surface area contributed by atoms with E-state index in [1.165, 1.54) is 6.42 Å². The van der Waals surface area contributed by atoms with Crippen LogP contribution in [0.2, 0.25) is 5.02 Å². The fourth-order valence-corrected chi connectivity index (χ4v) is 6.16. The van der Waals surface area contributed by atoms with Crippen molar-refractivity contribution in [3.05, 3.63) is 35.4 Å². The Morgan fingerprint density at radius 2 is 2.00 bits per heavy atom. The van der Waals surface area contributed by atoms with E-state index in [2.05, 4.69) is 29.5 Å². The Kier molecular flexibility index (Phi) is 6.44. The van der Waals surface area contributed by atoms with Gasteiger partial charge in [0.25, 0.3) is 0 Å². The van der Waals surface area contributed by atoms with E-state index in [1.807, 2.05) is 17.0 Å². The number of hydrogen-bond donors (Lipinski definition) is 0. The average Bonchev–Trinajstić information content (AvgIpc) is 3.09. The Hall–Kier alpha value is -1.21. The van der Waals surface area contributed by atoms with Gasteiger partial charge in [0, 0.05) is 47.9 Å². The van der Waals surface area contributed by atoms with Crippen LogP contribution in [0.3, 0.4) is 0 Å². The lowest BCUT2D eigenvalue weighted by Gasteiger charge is -2.31. The van der Waals surface area contributed by atoms with Gasteiger partial charge in [0.05, 0.1) is 13.1 Å². The molecule has 1 aromatic carbocycles. The van der Waals surface area contributed by atoms with Gasteiger partial charge in [-0.2, -0.15) is 0 Å². The summed E-state index contributed by atoms with van der Waals surface area (Å²) >= 11 is 5.58. The summed E-state index contributed by atoms with van der Waals surface area (Å²) in [6.07, 6.45) is 3.89. The highest BCUT2D eigenvalue weighted by molar-refractivity contribution is 7.91. The number of likely N-dealkylation sites (N-methyl/N-ethyl adjacent to an activating group) is 1. The molecule has 1 amide bonds. The molecule has 4 rings (SSSR count). The lowest BCUT2D eigenvalue weighted by molar-refractivity contribution is -0.130. The number of hydrogen-bond acceptors (Lipinski definition) is 4. The summed E-state index contributed by atoms with van der Waals surface area (Å²) in [5.41, 5.74) is 3.37. The van der Waals surface area contributed by atoms with Crippen LogP contribution < -0.4 is 4.90 Å². The van der Waals surface area contributed by atoms with Crippen molar-refractivity contribution in [2.45, 2.75) is 37.8 Å². The SMILES string of the molecule is C=C1c2cc(Cl)ccc2N(CCC(=O)N2CC[S+]([O-])CC2)CCC2CCC1N2C. The zero-order chi connectivity index (χ0) is 20.5. The first-order chi connectivity index (χ1) is 13.9. The zero-order valence-electron chi connectivity index (χ0n) is 17.1. The first-order valence-corrected chi connectivity index (χ1v) is 12.4. The molecule has 3 aliphatic rings. The highest BCUT2D eigenvalue weighted by atomic mass is 35.5. The third-order valence-electron chi connectivity index (χ3n) is 6.75. The number of amides is 1. The third kappa shape index (κ3) is 4.46. The smallest absolute Gasteiger partial charge is 0.224 e. The van der Waals surface area contributed by atoms with Gasteiger partial charge in [-0.3, -0.25) is 9.69 Å². The van der Waals surface area contributed by atoms with Gasteiger partial charge in [0.2, 0.25) is 5.91 Å². The summed E-state index contributed by atoms with van der Waals surface area (Å²) in [5.74, 6) is 1.37. The van der Waals surface area contributed by atoms with E-state index in [-0.39, 0.29) is 5.91 Å². The van der Waals surface area contributed by atoms with Crippen molar-refractivity contribution in [1.29, 1.82) is 0 Å². The van der Waals surface area contributed by atoms with Gasteiger partial charge >= 0.3 is 0 Å². The summed E-state index contributed by atoms with van der Waals surface area (Å²) in [4.78, 5) is 19.4. The molecule has 3 aliphatic heterocycles. The number of benzene rings is 1. The number of rotatable bonds is 3. The van der Waals surface area contributed by atoms with E-state index in [4.69, 9.17) is 11.6 Å². The van der Waals surface area contributed by atoms with Crippen molar-refractivity contribution < 1.29 is 9.35 Å². The number of fused-ring (bicyclic) bond motifs is 3. The summed E-state index contributed by atoms with van der Waals surface area (Å²) in [6.45, 7) is 7.28. The second kappa shape index (κ2) is 8.88. The van der Waals surface area contributed by atoms with Crippen molar-refractivity contribution in [2.75, 3.05) is 49.6 Å². The molecule has 0 spiro atoms. The molecule has 2 bridgehead atoms. The highest BCUT2D eigenvalue weighted by Gasteiger charge is 2.35. The maximum Gasteiger partial charge on any atom is 0.224 e. The second-order valence-electron chi connectivity index (χ2n) is 8.35. The van der Waals surface area contributed by atoms with Gasteiger partial charge in [-0.25, -0.2) is 0 Å². The molecule has 158 valence electrons. The molecule has 3 heterocycles. The van der Waals surface area contributed by atoms with Crippen molar-refractivity contribution in [3.63, 3.8) is 0 Å². The third-order valence-corrected chi connectivity index (χ3v) is 8.26. The summed E-state index contributed by atoms with van der Waals surface area (Å²) in [5, 5.41) is 0.721. The minimum atomic E-state index is -0.763. The van der Waals surface area contributed by atoms with E-state index in [1.54, 1.807) is 0 Å². The summed E-state index contributed by atoms with van der Waals surface area (Å²) in [6, 6.07) is 6.95. The molecule has 2 fully saturated rings. The lowest BCUT2D eigenvalue weighted by Crippen LogP contribution is -2.44. The minimum Gasteiger partial charge on any atom is -0.616 e. The number of carbonyl (C=O) groups excluding carboxylic acids is 1. The average molecular weight is 436 g/mol. The number of anilines is 1. The Bertz CT molecular complexity index is 781. The predicted octanol–water partition coefficient (Wildman–Crippen LogP) is 3.01. The van der Waals surface area contributed by atoms with E-state index >= 15 is 0 Å². The highest BCUT2D eigenvalue weighted by Crippen LogP contribution is 2.39. The van der Waals surface area contributed by atoms with E-state index in [0.29, 0.717) is 49.6 Å². The van der Waals surface area contributed by atoms with Gasteiger partial charge in [-0.1, -0.05) is 29.4 Å². The molecule has 5 nitrogen and oxygen atoms in total. The zero-order valence-corrected chi connectivity index (χ0v) is 18.7. The molecule has 1 aromatic rings. The first-order valence-electron chi connectivity index (χ1n) is 10.5. The fourth-order valence-electron chi connectivity index (χ4n) is 4.93. The molecule has 0 saturated carbocycles. The van der Waals surface area contributed by atoms with Crippen LogP contribution in [0.5, 0.6) is 0 Å². The molecule has 2 atom stereocenters. The minimum absolute atomic E-state index is 0.162. The van der Waals surface area contributed by atoms with Crippen LogP contribution in [0.15, 0.2) is 24.8 Å². The number of nitrogens with zero attached hydrogens (tertiary/aromatic N) is 3. The normalized spacial score (nSPS) is 26.1. The van der Waals surface area contributed by atoms with Crippen LogP contribution in [0.4, 0.5) is 5.69 Å². The molecule has 2 saturated heterocycles. The molecular formula is C22H30ClN3O2S. The topological polar surface area (TPSA) is 49.9 Å². The molecule has 0 aromatic heterocycles. The predicted molar refractivity (Wildman–Crippen MR) is 121 cm³/mol. The van der Waals surface area contributed by atoms with Gasteiger partial charge in [0.15, 0.2) is 0 Å². The maximum atomic E-state index is 12.7. The summed E-state index contributed by atoms with van der Waals surface area (Å²) < 4.78 is 11.6. The molecular weight excluding hydrogens is 406 g/mol. The van der Waals surface area contributed by atoms with Crippen molar-refractivity contribution in [3.8, 4) is 0 Å². The molecule has 0 N–H and O–H groups in total. The van der Waals surface area contributed by atoms with Crippen molar-refractivity contribution in [2.24, 2.45) is 0 Å². The van der Waals surface area contributed by atoms with Gasteiger partial charge in [-0.15, -0.1) is 0 Å². The lowest BCUT2D eigenvalue weighted by atomic mass is 9.95. The summed E-state index contributed by atoms with van der Waals surface area (Å²) in [7, 11) is 2.21. The molecule has 2 unspecified atom stereocenters. The standard InChI is InChI=1S/C22H30ClN3O2S/c1-16-19-15-17(23)3-5-21(19)25(9-7-18-4-6-20(16)24(18)2)10-8-22(27)26-11-13-29(28)14-12-26/h3,5,15,18,20H,1,4,6-14H2,2H3. The van der Waals surface area contributed by atoms with Crippen LogP contribution in [-0.4, -0.2) is 77.1 Å². The Morgan fingerprint density at radius 1 is 1.24 bits per heavy atom.